The normalized spacial score (nSPS) is 11.2. The van der Waals surface area contributed by atoms with Crippen molar-refractivity contribution in [1.82, 2.24) is 0 Å². The Morgan fingerprint density at radius 2 is 1.95 bits per heavy atom. The van der Waals surface area contributed by atoms with E-state index in [2.05, 4.69) is 0 Å². The van der Waals surface area contributed by atoms with Gasteiger partial charge in [0.05, 0.1) is 5.56 Å². The van der Waals surface area contributed by atoms with Crippen LogP contribution < -0.4 is 10.6 Å². The minimum atomic E-state index is -4.46. The van der Waals surface area contributed by atoms with Crippen LogP contribution in [0.3, 0.4) is 0 Å². The van der Waals surface area contributed by atoms with Crippen LogP contribution in [0.1, 0.15) is 31.2 Å². The molecule has 0 saturated carbocycles. The van der Waals surface area contributed by atoms with Gasteiger partial charge in [-0.15, -0.1) is 0 Å². The van der Waals surface area contributed by atoms with Gasteiger partial charge in [0, 0.05) is 18.7 Å². The molecule has 0 radical (unpaired) electrons. The van der Waals surface area contributed by atoms with E-state index in [0.29, 0.717) is 19.3 Å². The number of hydrogen-bond donors (Lipinski definition) is 3. The fraction of sp³-hybridized carbons (Fsp3) is 0.429. The fourth-order valence-corrected chi connectivity index (χ4v) is 1.96. The lowest BCUT2D eigenvalue weighted by atomic mass is 10.1. The molecule has 0 bridgehead atoms. The predicted octanol–water partition coefficient (Wildman–Crippen LogP) is 3.05. The molecule has 0 unspecified atom stereocenters. The Kier molecular flexibility index (Phi) is 6.21. The Hall–Kier alpha value is -2.25. The summed E-state index contributed by atoms with van der Waals surface area (Å²) < 4.78 is 38.1. The van der Waals surface area contributed by atoms with Gasteiger partial charge < -0.3 is 15.7 Å². The highest BCUT2D eigenvalue weighted by Crippen LogP contribution is 2.31. The van der Waals surface area contributed by atoms with Gasteiger partial charge in [-0.2, -0.15) is 13.2 Å². The molecule has 0 spiro atoms. The lowest BCUT2D eigenvalue weighted by Crippen LogP contribution is -2.37. The van der Waals surface area contributed by atoms with E-state index in [-0.39, 0.29) is 24.6 Å². The molecule has 0 saturated heterocycles. The van der Waals surface area contributed by atoms with E-state index in [9.17, 15) is 18.0 Å². The average molecular weight is 317 g/mol. The summed E-state index contributed by atoms with van der Waals surface area (Å²) in [6.07, 6.45) is -2.81. The van der Waals surface area contributed by atoms with Gasteiger partial charge in [-0.3, -0.25) is 10.2 Å². The van der Waals surface area contributed by atoms with Crippen LogP contribution in [0.15, 0.2) is 24.3 Å². The van der Waals surface area contributed by atoms with Crippen LogP contribution in [0, 0.1) is 5.41 Å². The lowest BCUT2D eigenvalue weighted by Gasteiger charge is -2.23. The molecule has 0 amide bonds. The van der Waals surface area contributed by atoms with Crippen molar-refractivity contribution in [2.24, 2.45) is 5.73 Å². The molecule has 0 fully saturated rings. The number of guanidine groups is 1. The minimum Gasteiger partial charge on any atom is -0.481 e. The second-order valence-electron chi connectivity index (χ2n) is 4.79. The molecule has 5 nitrogen and oxygen atoms in total. The Morgan fingerprint density at radius 3 is 2.50 bits per heavy atom. The van der Waals surface area contributed by atoms with E-state index in [0.717, 1.165) is 12.1 Å². The Bertz CT molecular complexity index is 532. The summed E-state index contributed by atoms with van der Waals surface area (Å²) >= 11 is 0. The second kappa shape index (κ2) is 7.67. The number of halogens is 3. The van der Waals surface area contributed by atoms with Crippen molar-refractivity contribution in [3.05, 3.63) is 29.8 Å². The summed E-state index contributed by atoms with van der Waals surface area (Å²) in [4.78, 5) is 11.7. The number of carboxylic acids is 1. The van der Waals surface area contributed by atoms with E-state index >= 15 is 0 Å². The van der Waals surface area contributed by atoms with Crippen molar-refractivity contribution in [2.75, 3.05) is 11.4 Å². The standard InChI is InChI=1S/C14H18F3N3O2/c15-14(16,17)10-5-4-6-11(9-10)20(13(18)19)8-3-1-2-7-12(21)22/h4-6,9H,1-3,7-8H2,(H3,18,19)(H,21,22). The van der Waals surface area contributed by atoms with Crippen LogP contribution in [0.2, 0.25) is 0 Å². The van der Waals surface area contributed by atoms with Gasteiger partial charge in [0.15, 0.2) is 5.96 Å². The molecule has 0 heterocycles. The van der Waals surface area contributed by atoms with Crippen LogP contribution >= 0.6 is 0 Å². The van der Waals surface area contributed by atoms with Crippen molar-refractivity contribution >= 4 is 17.6 Å². The van der Waals surface area contributed by atoms with Crippen LogP contribution in [0.25, 0.3) is 0 Å². The zero-order valence-corrected chi connectivity index (χ0v) is 11.9. The van der Waals surface area contributed by atoms with E-state index in [1.165, 1.54) is 17.0 Å². The van der Waals surface area contributed by atoms with Gasteiger partial charge >= 0.3 is 12.1 Å². The van der Waals surface area contributed by atoms with Gasteiger partial charge in [-0.05, 0) is 31.0 Å². The maximum Gasteiger partial charge on any atom is 0.416 e. The molecule has 0 aliphatic carbocycles. The van der Waals surface area contributed by atoms with Crippen LogP contribution in [-0.4, -0.2) is 23.6 Å². The first kappa shape index (κ1) is 17.8. The van der Waals surface area contributed by atoms with Crippen LogP contribution in [-0.2, 0) is 11.0 Å². The Labute approximate surface area is 126 Å². The highest BCUT2D eigenvalue weighted by molar-refractivity contribution is 5.92. The molecular weight excluding hydrogens is 299 g/mol. The number of carbonyl (C=O) groups is 1. The third kappa shape index (κ3) is 5.63. The third-order valence-corrected chi connectivity index (χ3v) is 3.05. The lowest BCUT2D eigenvalue weighted by molar-refractivity contribution is -0.138. The van der Waals surface area contributed by atoms with Crippen molar-refractivity contribution in [2.45, 2.75) is 31.9 Å². The number of hydrogen-bond acceptors (Lipinski definition) is 2. The average Bonchev–Trinajstić information content (AvgIpc) is 2.41. The number of alkyl halides is 3. The number of benzene rings is 1. The molecule has 22 heavy (non-hydrogen) atoms. The summed E-state index contributed by atoms with van der Waals surface area (Å²) in [5, 5.41) is 16.0. The molecule has 8 heteroatoms. The number of nitrogens with two attached hydrogens (primary N) is 1. The summed E-state index contributed by atoms with van der Waals surface area (Å²) in [5.74, 6) is -1.24. The van der Waals surface area contributed by atoms with Gasteiger partial charge in [-0.25, -0.2) is 0 Å². The zero-order valence-electron chi connectivity index (χ0n) is 11.9. The number of nitrogens with zero attached hydrogens (tertiary/aromatic N) is 1. The SMILES string of the molecule is N=C(N)N(CCCCCC(=O)O)c1cccc(C(F)(F)F)c1. The summed E-state index contributed by atoms with van der Waals surface area (Å²) in [5.41, 5.74) is 4.82. The van der Waals surface area contributed by atoms with Gasteiger partial charge in [0.2, 0.25) is 0 Å². The molecule has 0 aromatic heterocycles. The third-order valence-electron chi connectivity index (χ3n) is 3.05. The van der Waals surface area contributed by atoms with Crippen LogP contribution in [0.4, 0.5) is 18.9 Å². The highest BCUT2D eigenvalue weighted by Gasteiger charge is 2.30. The number of anilines is 1. The number of rotatable bonds is 7. The van der Waals surface area contributed by atoms with E-state index in [1.807, 2.05) is 0 Å². The molecule has 122 valence electrons. The quantitative estimate of drug-likeness (QED) is 0.409. The predicted molar refractivity (Wildman–Crippen MR) is 76.8 cm³/mol. The van der Waals surface area contributed by atoms with Crippen molar-refractivity contribution in [1.29, 1.82) is 5.41 Å². The highest BCUT2D eigenvalue weighted by atomic mass is 19.4. The largest absolute Gasteiger partial charge is 0.481 e. The first-order valence-electron chi connectivity index (χ1n) is 6.72. The molecule has 4 N–H and O–H groups in total. The number of aliphatic carboxylic acids is 1. The summed E-state index contributed by atoms with van der Waals surface area (Å²) in [7, 11) is 0. The second-order valence-corrected chi connectivity index (χ2v) is 4.79. The maximum atomic E-state index is 12.7. The molecule has 1 aromatic carbocycles. The Morgan fingerprint density at radius 1 is 1.27 bits per heavy atom. The molecule has 1 aromatic rings. The summed E-state index contributed by atoms with van der Waals surface area (Å²) in [6, 6.07) is 4.61. The topological polar surface area (TPSA) is 90.4 Å². The first-order chi connectivity index (χ1) is 10.2. The van der Waals surface area contributed by atoms with Gasteiger partial charge in [0.25, 0.3) is 0 Å². The first-order valence-corrected chi connectivity index (χ1v) is 6.72. The monoisotopic (exact) mass is 317 g/mol. The summed E-state index contributed by atoms with van der Waals surface area (Å²) in [6.45, 7) is 0.260. The fourth-order valence-electron chi connectivity index (χ4n) is 1.96. The maximum absolute atomic E-state index is 12.7. The zero-order chi connectivity index (χ0) is 16.8. The van der Waals surface area contributed by atoms with E-state index in [4.69, 9.17) is 16.2 Å². The van der Waals surface area contributed by atoms with Crippen LogP contribution in [0.5, 0.6) is 0 Å². The van der Waals surface area contributed by atoms with E-state index < -0.39 is 17.7 Å². The number of unbranched alkanes of at least 4 members (excludes halogenated alkanes) is 2. The molecule has 1 rings (SSSR count). The van der Waals surface area contributed by atoms with E-state index in [1.54, 1.807) is 0 Å². The van der Waals surface area contributed by atoms with Gasteiger partial charge in [0.1, 0.15) is 0 Å². The minimum absolute atomic E-state index is 0.0453. The number of carboxylic acid groups (broad SMARTS) is 1. The molecular formula is C14H18F3N3O2. The number of nitrogens with one attached hydrogen (secondary N) is 1. The van der Waals surface area contributed by atoms with Crippen molar-refractivity contribution in [3.63, 3.8) is 0 Å². The van der Waals surface area contributed by atoms with Crippen molar-refractivity contribution in [3.8, 4) is 0 Å². The van der Waals surface area contributed by atoms with Crippen molar-refractivity contribution < 1.29 is 23.1 Å². The molecule has 0 aliphatic heterocycles. The molecule has 0 atom stereocenters. The molecule has 0 aliphatic rings. The smallest absolute Gasteiger partial charge is 0.416 e. The van der Waals surface area contributed by atoms with Gasteiger partial charge in [-0.1, -0.05) is 12.5 Å². The Balaban J connectivity index is 2.71.